The molecule has 0 fully saturated rings. The molecule has 23 heavy (non-hydrogen) atoms. The van der Waals surface area contributed by atoms with Crippen LogP contribution in [0.3, 0.4) is 0 Å². The number of anilines is 1. The van der Waals surface area contributed by atoms with E-state index in [9.17, 15) is 10.1 Å². The third-order valence-corrected chi connectivity index (χ3v) is 3.96. The first-order chi connectivity index (χ1) is 11.2. The second-order valence-corrected chi connectivity index (χ2v) is 5.50. The number of nitrogens with zero attached hydrogens (tertiary/aromatic N) is 2. The van der Waals surface area contributed by atoms with E-state index in [-0.39, 0.29) is 10.6 Å². The van der Waals surface area contributed by atoms with Crippen LogP contribution in [0.1, 0.15) is 18.4 Å². The topological polar surface area (TPSA) is 68.1 Å². The number of rotatable bonds is 5. The van der Waals surface area contributed by atoms with Crippen LogP contribution in [0.5, 0.6) is 0 Å². The Labute approximate surface area is 134 Å². The third kappa shape index (κ3) is 3.13. The van der Waals surface area contributed by atoms with Crippen LogP contribution >= 0.6 is 0 Å². The third-order valence-electron chi connectivity index (χ3n) is 3.96. The number of benzene rings is 2. The van der Waals surface area contributed by atoms with E-state index in [1.807, 2.05) is 18.2 Å². The van der Waals surface area contributed by atoms with Gasteiger partial charge in [-0.25, -0.2) is 0 Å². The van der Waals surface area contributed by atoms with Crippen molar-refractivity contribution in [1.29, 1.82) is 0 Å². The van der Waals surface area contributed by atoms with E-state index in [0.29, 0.717) is 11.3 Å². The molecule has 116 valence electrons. The van der Waals surface area contributed by atoms with Crippen molar-refractivity contribution >= 4 is 22.1 Å². The van der Waals surface area contributed by atoms with Crippen molar-refractivity contribution in [2.24, 2.45) is 0 Å². The molecule has 1 unspecified atom stereocenters. The van der Waals surface area contributed by atoms with Crippen molar-refractivity contribution in [3.05, 3.63) is 76.6 Å². The molecule has 1 N–H and O–H groups in total. The maximum absolute atomic E-state index is 11.1. The second kappa shape index (κ2) is 6.44. The van der Waals surface area contributed by atoms with Gasteiger partial charge in [-0.3, -0.25) is 15.1 Å². The predicted molar refractivity (Wildman–Crippen MR) is 91.7 cm³/mol. The predicted octanol–water partition coefficient (Wildman–Crippen LogP) is 4.36. The van der Waals surface area contributed by atoms with E-state index >= 15 is 0 Å². The lowest BCUT2D eigenvalue weighted by atomic mass is 10.0. The summed E-state index contributed by atoms with van der Waals surface area (Å²) in [5.41, 5.74) is 2.22. The van der Waals surface area contributed by atoms with Gasteiger partial charge in [-0.05, 0) is 23.6 Å². The van der Waals surface area contributed by atoms with Crippen molar-refractivity contribution in [2.75, 3.05) is 11.9 Å². The molecule has 1 atom stereocenters. The number of nitro benzene ring substituents is 1. The van der Waals surface area contributed by atoms with Gasteiger partial charge in [-0.15, -0.1) is 0 Å². The van der Waals surface area contributed by atoms with Gasteiger partial charge in [0.05, 0.1) is 10.3 Å². The van der Waals surface area contributed by atoms with Crippen LogP contribution in [-0.2, 0) is 0 Å². The highest BCUT2D eigenvalue weighted by molar-refractivity contribution is 5.99. The molecule has 1 aromatic heterocycles. The highest BCUT2D eigenvalue weighted by Gasteiger charge is 2.14. The van der Waals surface area contributed by atoms with E-state index < -0.39 is 0 Å². The normalized spacial score (nSPS) is 12.0. The Bertz CT molecular complexity index is 834. The lowest BCUT2D eigenvalue weighted by molar-refractivity contribution is -0.383. The minimum atomic E-state index is -0.375. The molecule has 0 aliphatic carbocycles. The van der Waals surface area contributed by atoms with Crippen molar-refractivity contribution in [3.63, 3.8) is 0 Å². The molecule has 5 nitrogen and oxygen atoms in total. The molecule has 0 aliphatic heterocycles. The fourth-order valence-corrected chi connectivity index (χ4v) is 2.65. The first-order valence-electron chi connectivity index (χ1n) is 7.47. The number of nitrogens with one attached hydrogen (secondary N) is 1. The zero-order valence-corrected chi connectivity index (χ0v) is 12.8. The SMILES string of the molecule is CC(CNc1ccc([N+](=O)[O-])c2cnccc12)c1ccccc1. The summed E-state index contributed by atoms with van der Waals surface area (Å²) in [6.45, 7) is 2.90. The summed E-state index contributed by atoms with van der Waals surface area (Å²) in [5.74, 6) is 0.336. The summed E-state index contributed by atoms with van der Waals surface area (Å²) in [5, 5.41) is 15.9. The second-order valence-electron chi connectivity index (χ2n) is 5.50. The summed E-state index contributed by atoms with van der Waals surface area (Å²) >= 11 is 0. The van der Waals surface area contributed by atoms with Crippen LogP contribution < -0.4 is 5.32 Å². The monoisotopic (exact) mass is 307 g/mol. The fraction of sp³-hybridized carbons (Fsp3) is 0.167. The van der Waals surface area contributed by atoms with Gasteiger partial charge in [0.2, 0.25) is 0 Å². The first kappa shape index (κ1) is 15.0. The molecule has 0 radical (unpaired) electrons. The Morgan fingerprint density at radius 2 is 1.91 bits per heavy atom. The Hall–Kier alpha value is -2.95. The van der Waals surface area contributed by atoms with Gasteiger partial charge in [0.1, 0.15) is 0 Å². The van der Waals surface area contributed by atoms with Crippen LogP contribution in [0.4, 0.5) is 11.4 Å². The van der Waals surface area contributed by atoms with E-state index in [4.69, 9.17) is 0 Å². The Morgan fingerprint density at radius 1 is 1.13 bits per heavy atom. The van der Waals surface area contributed by atoms with Crippen molar-refractivity contribution in [3.8, 4) is 0 Å². The quantitative estimate of drug-likeness (QED) is 0.562. The molecule has 1 heterocycles. The smallest absolute Gasteiger partial charge is 0.278 e. The van der Waals surface area contributed by atoms with Gasteiger partial charge in [0.15, 0.2) is 0 Å². The van der Waals surface area contributed by atoms with E-state index in [0.717, 1.165) is 17.6 Å². The molecular formula is C18H17N3O2. The highest BCUT2D eigenvalue weighted by Crippen LogP contribution is 2.31. The van der Waals surface area contributed by atoms with E-state index in [1.54, 1.807) is 24.5 Å². The lowest BCUT2D eigenvalue weighted by Crippen LogP contribution is -2.10. The van der Waals surface area contributed by atoms with Gasteiger partial charge in [0.25, 0.3) is 5.69 Å². The van der Waals surface area contributed by atoms with Gasteiger partial charge >= 0.3 is 0 Å². The standard InChI is InChI=1S/C18H17N3O2/c1-13(14-5-3-2-4-6-14)11-20-17-7-8-18(21(22)23)16-12-19-10-9-15(16)17/h2-10,12-13,20H,11H2,1H3. The molecule has 5 heteroatoms. The zero-order chi connectivity index (χ0) is 16.2. The number of hydrogen-bond donors (Lipinski definition) is 1. The Kier molecular flexibility index (Phi) is 4.19. The maximum atomic E-state index is 11.1. The summed E-state index contributed by atoms with van der Waals surface area (Å²) in [4.78, 5) is 14.8. The number of aromatic nitrogens is 1. The molecule has 2 aromatic carbocycles. The number of non-ortho nitro benzene ring substituents is 1. The number of nitro groups is 1. The highest BCUT2D eigenvalue weighted by atomic mass is 16.6. The van der Waals surface area contributed by atoms with Gasteiger partial charge in [-0.2, -0.15) is 0 Å². The van der Waals surface area contributed by atoms with E-state index in [2.05, 4.69) is 29.4 Å². The van der Waals surface area contributed by atoms with Crippen LogP contribution in [0, 0.1) is 10.1 Å². The molecular weight excluding hydrogens is 290 g/mol. The van der Waals surface area contributed by atoms with E-state index in [1.165, 1.54) is 11.6 Å². The minimum absolute atomic E-state index is 0.0785. The average Bonchev–Trinajstić information content (AvgIpc) is 2.59. The van der Waals surface area contributed by atoms with Gasteiger partial charge < -0.3 is 5.32 Å². The molecule has 0 spiro atoms. The van der Waals surface area contributed by atoms with Crippen LogP contribution in [0.15, 0.2) is 60.9 Å². The average molecular weight is 307 g/mol. The first-order valence-corrected chi connectivity index (χ1v) is 7.47. The fourth-order valence-electron chi connectivity index (χ4n) is 2.65. The Morgan fingerprint density at radius 3 is 2.65 bits per heavy atom. The number of pyridine rings is 1. The zero-order valence-electron chi connectivity index (χ0n) is 12.8. The largest absolute Gasteiger partial charge is 0.384 e. The van der Waals surface area contributed by atoms with Crippen molar-refractivity contribution in [2.45, 2.75) is 12.8 Å². The van der Waals surface area contributed by atoms with Crippen LogP contribution in [0.25, 0.3) is 10.8 Å². The summed E-state index contributed by atoms with van der Waals surface area (Å²) in [6.07, 6.45) is 3.19. The molecule has 0 amide bonds. The summed E-state index contributed by atoms with van der Waals surface area (Å²) < 4.78 is 0. The van der Waals surface area contributed by atoms with Gasteiger partial charge in [0, 0.05) is 36.1 Å². The minimum Gasteiger partial charge on any atom is -0.384 e. The molecule has 3 aromatic rings. The molecule has 0 saturated heterocycles. The number of fused-ring (bicyclic) bond motifs is 1. The van der Waals surface area contributed by atoms with Crippen LogP contribution in [-0.4, -0.2) is 16.5 Å². The molecule has 0 bridgehead atoms. The Balaban J connectivity index is 1.87. The maximum Gasteiger partial charge on any atom is 0.278 e. The molecule has 3 rings (SSSR count). The molecule has 0 aliphatic rings. The summed E-state index contributed by atoms with van der Waals surface area (Å²) in [6, 6.07) is 15.3. The lowest BCUT2D eigenvalue weighted by Gasteiger charge is -2.15. The number of hydrogen-bond acceptors (Lipinski definition) is 4. The van der Waals surface area contributed by atoms with Crippen molar-refractivity contribution in [1.82, 2.24) is 4.98 Å². The van der Waals surface area contributed by atoms with Gasteiger partial charge in [-0.1, -0.05) is 37.3 Å². The van der Waals surface area contributed by atoms with Crippen molar-refractivity contribution < 1.29 is 4.92 Å². The summed E-state index contributed by atoms with van der Waals surface area (Å²) in [7, 11) is 0. The van der Waals surface area contributed by atoms with Crippen LogP contribution in [0.2, 0.25) is 0 Å². The molecule has 0 saturated carbocycles.